The summed E-state index contributed by atoms with van der Waals surface area (Å²) in [6.07, 6.45) is 4.34. The van der Waals surface area contributed by atoms with E-state index in [1.54, 1.807) is 0 Å². The Bertz CT molecular complexity index is 804. The summed E-state index contributed by atoms with van der Waals surface area (Å²) in [6.45, 7) is 0.0974. The van der Waals surface area contributed by atoms with Crippen molar-refractivity contribution in [2.75, 3.05) is 19.5 Å². The number of ether oxygens (including phenoxy) is 1. The van der Waals surface area contributed by atoms with Crippen LogP contribution in [0.2, 0.25) is 0 Å². The van der Waals surface area contributed by atoms with Crippen LogP contribution in [0, 0.1) is 5.92 Å². The van der Waals surface area contributed by atoms with E-state index in [4.69, 9.17) is 4.74 Å². The van der Waals surface area contributed by atoms with Crippen molar-refractivity contribution < 1.29 is 27.9 Å². The number of nitrogens with zero attached hydrogens (tertiary/aromatic N) is 1. The molecule has 1 N–H and O–H groups in total. The number of hydrogen-bond acceptors (Lipinski definition) is 5. The Morgan fingerprint density at radius 2 is 1.85 bits per heavy atom. The first-order valence-corrected chi connectivity index (χ1v) is 10.9. The van der Waals surface area contributed by atoms with Gasteiger partial charge in [0.1, 0.15) is 6.04 Å². The Kier molecular flexibility index (Phi) is 5.86. The zero-order chi connectivity index (χ0) is 19.6. The van der Waals surface area contributed by atoms with Gasteiger partial charge in [-0.25, -0.2) is 13.2 Å². The van der Waals surface area contributed by atoms with Crippen LogP contribution in [0.5, 0.6) is 0 Å². The number of aliphatic carboxylic acids is 1. The van der Waals surface area contributed by atoms with Crippen LogP contribution in [0.15, 0.2) is 29.2 Å². The SMILES string of the molecule is COCCS(=O)(=O)c1ccc(C(=O)N2[C@@H]3CCCC[C@H]3C[C@H]2C(=O)O)cc1. The minimum Gasteiger partial charge on any atom is -0.480 e. The van der Waals surface area contributed by atoms with Crippen molar-refractivity contribution >= 4 is 21.7 Å². The molecule has 1 aliphatic carbocycles. The molecule has 1 saturated carbocycles. The number of likely N-dealkylation sites (tertiary alicyclic amines) is 1. The van der Waals surface area contributed by atoms with Crippen LogP contribution in [0.25, 0.3) is 0 Å². The van der Waals surface area contributed by atoms with Crippen LogP contribution < -0.4 is 0 Å². The van der Waals surface area contributed by atoms with Crippen molar-refractivity contribution in [1.29, 1.82) is 0 Å². The summed E-state index contributed by atoms with van der Waals surface area (Å²) in [6, 6.07) is 4.90. The Morgan fingerprint density at radius 1 is 1.19 bits per heavy atom. The number of amides is 1. The van der Waals surface area contributed by atoms with Gasteiger partial charge < -0.3 is 14.7 Å². The topological polar surface area (TPSA) is 101 Å². The zero-order valence-corrected chi connectivity index (χ0v) is 16.2. The number of fused-ring (bicyclic) bond motifs is 1. The quantitative estimate of drug-likeness (QED) is 0.790. The number of carbonyl (C=O) groups excluding carboxylic acids is 1. The lowest BCUT2D eigenvalue weighted by molar-refractivity contribution is -0.141. The Balaban J connectivity index is 1.83. The molecule has 0 radical (unpaired) electrons. The van der Waals surface area contributed by atoms with Crippen LogP contribution in [-0.2, 0) is 19.4 Å². The fourth-order valence-corrected chi connectivity index (χ4v) is 5.41. The molecule has 1 aromatic carbocycles. The number of carbonyl (C=O) groups is 2. The van der Waals surface area contributed by atoms with Gasteiger partial charge in [0.2, 0.25) is 0 Å². The van der Waals surface area contributed by atoms with E-state index in [1.807, 2.05) is 0 Å². The summed E-state index contributed by atoms with van der Waals surface area (Å²) < 4.78 is 29.2. The van der Waals surface area contributed by atoms with E-state index in [0.717, 1.165) is 25.7 Å². The molecule has 0 unspecified atom stereocenters. The smallest absolute Gasteiger partial charge is 0.326 e. The molecule has 3 rings (SSSR count). The van der Waals surface area contributed by atoms with Crippen LogP contribution >= 0.6 is 0 Å². The van der Waals surface area contributed by atoms with Gasteiger partial charge in [-0.15, -0.1) is 0 Å². The lowest BCUT2D eigenvalue weighted by atomic mass is 9.84. The summed E-state index contributed by atoms with van der Waals surface area (Å²) in [5.41, 5.74) is 0.318. The normalized spacial score (nSPS) is 25.2. The number of hydrogen-bond donors (Lipinski definition) is 1. The van der Waals surface area contributed by atoms with E-state index in [-0.39, 0.29) is 35.1 Å². The van der Waals surface area contributed by atoms with Crippen molar-refractivity contribution in [3.05, 3.63) is 29.8 Å². The minimum atomic E-state index is -3.47. The van der Waals surface area contributed by atoms with Gasteiger partial charge in [0.25, 0.3) is 5.91 Å². The first-order valence-electron chi connectivity index (χ1n) is 9.22. The largest absolute Gasteiger partial charge is 0.480 e. The fourth-order valence-electron chi connectivity index (χ4n) is 4.24. The highest BCUT2D eigenvalue weighted by Gasteiger charge is 2.47. The van der Waals surface area contributed by atoms with Gasteiger partial charge in [-0.05, 0) is 49.4 Å². The third-order valence-corrected chi connectivity index (χ3v) is 7.32. The minimum absolute atomic E-state index is 0.0440. The Labute approximate surface area is 159 Å². The molecule has 1 aliphatic heterocycles. The maximum absolute atomic E-state index is 13.0. The number of sulfone groups is 1. The molecule has 1 aromatic rings. The van der Waals surface area contributed by atoms with Crippen molar-refractivity contribution in [2.45, 2.75) is 49.1 Å². The monoisotopic (exact) mass is 395 g/mol. The molecule has 0 bridgehead atoms. The molecule has 0 spiro atoms. The molecule has 1 amide bonds. The molecule has 2 fully saturated rings. The van der Waals surface area contributed by atoms with Crippen LogP contribution in [-0.4, -0.2) is 61.9 Å². The number of rotatable bonds is 6. The molecular formula is C19H25NO6S. The van der Waals surface area contributed by atoms with Gasteiger partial charge in [-0.2, -0.15) is 0 Å². The van der Waals surface area contributed by atoms with Crippen molar-refractivity contribution in [2.24, 2.45) is 5.92 Å². The fraction of sp³-hybridized carbons (Fsp3) is 0.579. The second kappa shape index (κ2) is 7.98. The Hall–Kier alpha value is -1.93. The molecule has 1 heterocycles. The molecule has 7 nitrogen and oxygen atoms in total. The van der Waals surface area contributed by atoms with Gasteiger partial charge >= 0.3 is 5.97 Å². The highest BCUT2D eigenvalue weighted by atomic mass is 32.2. The van der Waals surface area contributed by atoms with Gasteiger partial charge in [-0.1, -0.05) is 12.8 Å². The van der Waals surface area contributed by atoms with E-state index >= 15 is 0 Å². The number of methoxy groups -OCH3 is 1. The van der Waals surface area contributed by atoms with Crippen LogP contribution in [0.3, 0.4) is 0 Å². The second-order valence-electron chi connectivity index (χ2n) is 7.25. The lowest BCUT2D eigenvalue weighted by Crippen LogP contribution is -2.46. The summed E-state index contributed by atoms with van der Waals surface area (Å²) >= 11 is 0. The summed E-state index contributed by atoms with van der Waals surface area (Å²) in [5, 5.41) is 9.57. The third-order valence-electron chi connectivity index (χ3n) is 5.62. The van der Waals surface area contributed by atoms with Crippen molar-refractivity contribution in [3.8, 4) is 0 Å². The number of benzene rings is 1. The second-order valence-corrected chi connectivity index (χ2v) is 9.36. The number of carboxylic acids is 1. The van der Waals surface area contributed by atoms with Gasteiger partial charge in [0.15, 0.2) is 9.84 Å². The summed E-state index contributed by atoms with van der Waals surface area (Å²) in [5.74, 6) is -1.21. The summed E-state index contributed by atoms with van der Waals surface area (Å²) in [4.78, 5) is 26.4. The molecule has 2 aliphatic rings. The maximum Gasteiger partial charge on any atom is 0.326 e. The molecule has 0 aromatic heterocycles. The molecule has 1 saturated heterocycles. The maximum atomic E-state index is 13.0. The Morgan fingerprint density at radius 3 is 2.48 bits per heavy atom. The average molecular weight is 395 g/mol. The molecule has 148 valence electrons. The lowest BCUT2D eigenvalue weighted by Gasteiger charge is -2.33. The molecule has 27 heavy (non-hydrogen) atoms. The standard InChI is InChI=1S/C19H25NO6S/c1-26-10-11-27(24,25)15-8-6-13(7-9-15)18(21)20-16-5-3-2-4-14(16)12-17(20)19(22)23/h6-9,14,16-17H,2-5,10-12H2,1H3,(H,22,23)/t14-,16+,17-/m0/s1. The first kappa shape index (κ1) is 19.8. The summed E-state index contributed by atoms with van der Waals surface area (Å²) in [7, 11) is -2.04. The van der Waals surface area contributed by atoms with E-state index in [0.29, 0.717) is 12.0 Å². The van der Waals surface area contributed by atoms with E-state index < -0.39 is 21.8 Å². The van der Waals surface area contributed by atoms with E-state index in [1.165, 1.54) is 36.3 Å². The van der Waals surface area contributed by atoms with Crippen molar-refractivity contribution in [1.82, 2.24) is 4.90 Å². The van der Waals surface area contributed by atoms with E-state index in [9.17, 15) is 23.1 Å². The van der Waals surface area contributed by atoms with E-state index in [2.05, 4.69) is 0 Å². The van der Waals surface area contributed by atoms with Crippen LogP contribution in [0.1, 0.15) is 42.5 Å². The van der Waals surface area contributed by atoms with Gasteiger partial charge in [0.05, 0.1) is 17.3 Å². The predicted molar refractivity (Wildman–Crippen MR) is 98.3 cm³/mol. The van der Waals surface area contributed by atoms with Crippen LogP contribution in [0.4, 0.5) is 0 Å². The van der Waals surface area contributed by atoms with Gasteiger partial charge in [0, 0.05) is 18.7 Å². The predicted octanol–water partition coefficient (Wildman–Crippen LogP) is 1.96. The van der Waals surface area contributed by atoms with Crippen molar-refractivity contribution in [3.63, 3.8) is 0 Å². The first-order chi connectivity index (χ1) is 12.8. The van der Waals surface area contributed by atoms with Gasteiger partial charge in [-0.3, -0.25) is 4.79 Å². The number of carboxylic acid groups (broad SMARTS) is 1. The highest BCUT2D eigenvalue weighted by Crippen LogP contribution is 2.40. The highest BCUT2D eigenvalue weighted by molar-refractivity contribution is 7.91. The third kappa shape index (κ3) is 4.01. The average Bonchev–Trinajstić information content (AvgIpc) is 3.06. The molecule has 3 atom stereocenters. The molecular weight excluding hydrogens is 370 g/mol. The molecule has 8 heteroatoms. The zero-order valence-electron chi connectivity index (χ0n) is 15.3.